The molecular formula is C11H17NO3. The molecule has 0 heterocycles. The molecule has 0 saturated heterocycles. The van der Waals surface area contributed by atoms with Gasteiger partial charge in [-0.15, -0.1) is 0 Å². The SMILES string of the molecule is CCOc1cccc(CC(N)CO)c1O. The van der Waals surface area contributed by atoms with Crippen molar-refractivity contribution in [1.82, 2.24) is 0 Å². The van der Waals surface area contributed by atoms with Crippen LogP contribution in [0.3, 0.4) is 0 Å². The zero-order chi connectivity index (χ0) is 11.3. The topological polar surface area (TPSA) is 75.7 Å². The molecular weight excluding hydrogens is 194 g/mol. The molecule has 0 amide bonds. The highest BCUT2D eigenvalue weighted by Gasteiger charge is 2.10. The van der Waals surface area contributed by atoms with Crippen LogP contribution < -0.4 is 10.5 Å². The second kappa shape index (κ2) is 5.58. The van der Waals surface area contributed by atoms with Gasteiger partial charge in [0, 0.05) is 6.04 Å². The van der Waals surface area contributed by atoms with E-state index in [1.807, 2.05) is 6.92 Å². The number of benzene rings is 1. The Morgan fingerprint density at radius 3 is 2.80 bits per heavy atom. The van der Waals surface area contributed by atoms with Crippen LogP contribution in [0.2, 0.25) is 0 Å². The van der Waals surface area contributed by atoms with E-state index in [0.717, 1.165) is 0 Å². The highest BCUT2D eigenvalue weighted by molar-refractivity contribution is 5.45. The second-order valence-corrected chi connectivity index (χ2v) is 3.34. The fourth-order valence-electron chi connectivity index (χ4n) is 1.35. The van der Waals surface area contributed by atoms with Gasteiger partial charge in [-0.25, -0.2) is 0 Å². The minimum absolute atomic E-state index is 0.0989. The van der Waals surface area contributed by atoms with Crippen molar-refractivity contribution in [3.05, 3.63) is 23.8 Å². The van der Waals surface area contributed by atoms with E-state index in [1.54, 1.807) is 18.2 Å². The molecule has 0 aliphatic rings. The van der Waals surface area contributed by atoms with Crippen LogP contribution in [0, 0.1) is 0 Å². The minimum atomic E-state index is -0.354. The Bertz CT molecular complexity index is 315. The number of aromatic hydroxyl groups is 1. The van der Waals surface area contributed by atoms with Gasteiger partial charge in [0.15, 0.2) is 11.5 Å². The maximum Gasteiger partial charge on any atom is 0.161 e. The third-order valence-corrected chi connectivity index (χ3v) is 2.10. The predicted octanol–water partition coefficient (Wildman–Crippen LogP) is 0.653. The van der Waals surface area contributed by atoms with Crippen LogP contribution in [-0.2, 0) is 6.42 Å². The average molecular weight is 211 g/mol. The molecule has 15 heavy (non-hydrogen) atoms. The Labute approximate surface area is 89.3 Å². The Morgan fingerprint density at radius 1 is 1.47 bits per heavy atom. The maximum absolute atomic E-state index is 9.80. The number of aliphatic hydroxyl groups excluding tert-OH is 1. The van der Waals surface area contributed by atoms with Crippen molar-refractivity contribution in [2.24, 2.45) is 5.73 Å². The lowest BCUT2D eigenvalue weighted by molar-refractivity contribution is 0.263. The van der Waals surface area contributed by atoms with Gasteiger partial charge in [-0.3, -0.25) is 0 Å². The normalized spacial score (nSPS) is 12.5. The van der Waals surface area contributed by atoms with Crippen LogP contribution in [0.4, 0.5) is 0 Å². The Kier molecular flexibility index (Phi) is 4.39. The van der Waals surface area contributed by atoms with Crippen molar-refractivity contribution in [2.45, 2.75) is 19.4 Å². The second-order valence-electron chi connectivity index (χ2n) is 3.34. The van der Waals surface area contributed by atoms with Crippen LogP contribution in [-0.4, -0.2) is 29.5 Å². The summed E-state index contributed by atoms with van der Waals surface area (Å²) >= 11 is 0. The highest BCUT2D eigenvalue weighted by atomic mass is 16.5. The van der Waals surface area contributed by atoms with E-state index >= 15 is 0 Å². The van der Waals surface area contributed by atoms with Crippen molar-refractivity contribution in [3.63, 3.8) is 0 Å². The van der Waals surface area contributed by atoms with Gasteiger partial charge in [0.2, 0.25) is 0 Å². The molecule has 4 N–H and O–H groups in total. The summed E-state index contributed by atoms with van der Waals surface area (Å²) in [7, 11) is 0. The molecule has 0 aliphatic carbocycles. The van der Waals surface area contributed by atoms with Crippen LogP contribution >= 0.6 is 0 Å². The van der Waals surface area contributed by atoms with E-state index in [0.29, 0.717) is 24.3 Å². The van der Waals surface area contributed by atoms with Gasteiger partial charge in [-0.05, 0) is 25.0 Å². The Morgan fingerprint density at radius 2 is 2.20 bits per heavy atom. The molecule has 0 aliphatic heterocycles. The van der Waals surface area contributed by atoms with Crippen LogP contribution in [0.25, 0.3) is 0 Å². The van der Waals surface area contributed by atoms with E-state index in [2.05, 4.69) is 0 Å². The van der Waals surface area contributed by atoms with Crippen LogP contribution in [0.15, 0.2) is 18.2 Å². The quantitative estimate of drug-likeness (QED) is 0.668. The number of phenolic OH excluding ortho intramolecular Hbond substituents is 1. The van der Waals surface area contributed by atoms with E-state index in [1.165, 1.54) is 0 Å². The summed E-state index contributed by atoms with van der Waals surface area (Å²) in [6.45, 7) is 2.26. The summed E-state index contributed by atoms with van der Waals surface area (Å²) < 4.78 is 5.24. The van der Waals surface area contributed by atoms with Gasteiger partial charge in [0.1, 0.15) is 0 Å². The molecule has 1 aromatic carbocycles. The average Bonchev–Trinajstić information content (AvgIpc) is 2.24. The molecule has 1 aromatic rings. The van der Waals surface area contributed by atoms with Crippen molar-refractivity contribution in [2.75, 3.05) is 13.2 Å². The maximum atomic E-state index is 9.80. The Hall–Kier alpha value is -1.26. The van der Waals surface area contributed by atoms with Crippen molar-refractivity contribution in [1.29, 1.82) is 0 Å². The first-order chi connectivity index (χ1) is 7.19. The zero-order valence-corrected chi connectivity index (χ0v) is 8.81. The van der Waals surface area contributed by atoms with E-state index in [9.17, 15) is 5.11 Å². The molecule has 0 spiro atoms. The van der Waals surface area contributed by atoms with Crippen LogP contribution in [0.1, 0.15) is 12.5 Å². The fraction of sp³-hybridized carbons (Fsp3) is 0.455. The first-order valence-corrected chi connectivity index (χ1v) is 4.99. The van der Waals surface area contributed by atoms with Gasteiger partial charge in [0.05, 0.1) is 13.2 Å². The molecule has 1 atom stereocenters. The molecule has 0 bridgehead atoms. The number of hydrogen-bond acceptors (Lipinski definition) is 4. The largest absolute Gasteiger partial charge is 0.504 e. The number of aliphatic hydroxyl groups is 1. The number of phenols is 1. The summed E-state index contributed by atoms with van der Waals surface area (Å²) in [6.07, 6.45) is 0.434. The fourth-order valence-corrected chi connectivity index (χ4v) is 1.35. The van der Waals surface area contributed by atoms with Gasteiger partial charge < -0.3 is 20.7 Å². The molecule has 4 nitrogen and oxygen atoms in total. The molecule has 1 rings (SSSR count). The van der Waals surface area contributed by atoms with E-state index in [-0.39, 0.29) is 18.4 Å². The summed E-state index contributed by atoms with van der Waals surface area (Å²) in [6, 6.07) is 4.91. The smallest absolute Gasteiger partial charge is 0.161 e. The first-order valence-electron chi connectivity index (χ1n) is 4.99. The van der Waals surface area contributed by atoms with Crippen molar-refractivity contribution >= 4 is 0 Å². The molecule has 0 aromatic heterocycles. The lowest BCUT2D eigenvalue weighted by Crippen LogP contribution is -2.26. The van der Waals surface area contributed by atoms with E-state index in [4.69, 9.17) is 15.6 Å². The number of rotatable bonds is 5. The van der Waals surface area contributed by atoms with E-state index < -0.39 is 0 Å². The van der Waals surface area contributed by atoms with Gasteiger partial charge in [0.25, 0.3) is 0 Å². The third kappa shape index (κ3) is 3.11. The van der Waals surface area contributed by atoms with Gasteiger partial charge >= 0.3 is 0 Å². The zero-order valence-electron chi connectivity index (χ0n) is 8.81. The molecule has 84 valence electrons. The molecule has 0 saturated carbocycles. The summed E-state index contributed by atoms with van der Waals surface area (Å²) in [4.78, 5) is 0. The number of nitrogens with two attached hydrogens (primary N) is 1. The number of para-hydroxylation sites is 1. The minimum Gasteiger partial charge on any atom is -0.504 e. The van der Waals surface area contributed by atoms with Gasteiger partial charge in [-0.1, -0.05) is 12.1 Å². The first kappa shape index (κ1) is 11.8. The van der Waals surface area contributed by atoms with Crippen molar-refractivity contribution < 1.29 is 14.9 Å². The van der Waals surface area contributed by atoms with Crippen LogP contribution in [0.5, 0.6) is 11.5 Å². The summed E-state index contributed by atoms with van der Waals surface area (Å²) in [5.41, 5.74) is 6.29. The molecule has 0 radical (unpaired) electrons. The van der Waals surface area contributed by atoms with Crippen molar-refractivity contribution in [3.8, 4) is 11.5 Å². The molecule has 1 unspecified atom stereocenters. The lowest BCUT2D eigenvalue weighted by atomic mass is 10.1. The summed E-state index contributed by atoms with van der Waals surface area (Å²) in [5, 5.41) is 18.6. The predicted molar refractivity (Wildman–Crippen MR) is 58.0 cm³/mol. The summed E-state index contributed by atoms with van der Waals surface area (Å²) in [5.74, 6) is 0.573. The number of hydrogen-bond donors (Lipinski definition) is 3. The standard InChI is InChI=1S/C11H17NO3/c1-2-15-10-5-3-4-8(11(10)14)6-9(12)7-13/h3-5,9,13-14H,2,6-7,12H2,1H3. The number of ether oxygens (including phenoxy) is 1. The third-order valence-electron chi connectivity index (χ3n) is 2.10. The molecule has 4 heteroatoms. The van der Waals surface area contributed by atoms with Gasteiger partial charge in [-0.2, -0.15) is 0 Å². The molecule has 0 fully saturated rings. The lowest BCUT2D eigenvalue weighted by Gasteiger charge is -2.12. The highest BCUT2D eigenvalue weighted by Crippen LogP contribution is 2.30. The Balaban J connectivity index is 2.84. The monoisotopic (exact) mass is 211 g/mol.